The maximum Gasteiger partial charge on any atom is 0.573 e. The van der Waals surface area contributed by atoms with Crippen LogP contribution in [0.1, 0.15) is 5.56 Å². The minimum Gasteiger partial charge on any atom is -0.495 e. The molecule has 2 amide bonds. The molecule has 168 valence electrons. The number of ether oxygens (including phenoxy) is 2. The van der Waals surface area contributed by atoms with Crippen molar-refractivity contribution >= 4 is 28.8 Å². The standard InChI is InChI=1S/C24H17F3N2O4/c1-32-19-13-6-5-12-18(19)29-22(30)20(15-8-3-2-4-9-15)21(23(29)31)28-16-10-7-11-17(14-16)33-24(25,26)27/h2-14,28H,1H3. The van der Waals surface area contributed by atoms with Gasteiger partial charge in [-0.3, -0.25) is 9.59 Å². The van der Waals surface area contributed by atoms with E-state index in [4.69, 9.17) is 4.74 Å². The van der Waals surface area contributed by atoms with Crippen LogP contribution in [0.2, 0.25) is 0 Å². The van der Waals surface area contributed by atoms with Crippen molar-refractivity contribution in [1.29, 1.82) is 0 Å². The van der Waals surface area contributed by atoms with Crippen LogP contribution in [0.4, 0.5) is 24.5 Å². The Hall–Kier alpha value is -4.27. The summed E-state index contributed by atoms with van der Waals surface area (Å²) in [6.07, 6.45) is -4.87. The molecule has 1 aliphatic rings. The fraction of sp³-hybridized carbons (Fsp3) is 0.0833. The van der Waals surface area contributed by atoms with E-state index in [9.17, 15) is 22.8 Å². The molecule has 0 unspecified atom stereocenters. The van der Waals surface area contributed by atoms with Crippen LogP contribution in [0.3, 0.4) is 0 Å². The highest BCUT2D eigenvalue weighted by molar-refractivity contribution is 6.46. The average Bonchev–Trinajstić information content (AvgIpc) is 3.02. The Morgan fingerprint density at radius 1 is 0.848 bits per heavy atom. The number of nitrogens with zero attached hydrogens (tertiary/aromatic N) is 1. The molecule has 1 N–H and O–H groups in total. The lowest BCUT2D eigenvalue weighted by Crippen LogP contribution is -2.32. The molecule has 9 heteroatoms. The monoisotopic (exact) mass is 454 g/mol. The van der Waals surface area contributed by atoms with Gasteiger partial charge in [0.05, 0.1) is 18.4 Å². The highest BCUT2D eigenvalue weighted by atomic mass is 19.4. The summed E-state index contributed by atoms with van der Waals surface area (Å²) in [6.45, 7) is 0. The molecule has 0 aliphatic carbocycles. The number of carbonyl (C=O) groups excluding carboxylic acids is 2. The van der Waals surface area contributed by atoms with E-state index < -0.39 is 23.9 Å². The molecule has 0 aromatic heterocycles. The minimum atomic E-state index is -4.87. The van der Waals surface area contributed by atoms with E-state index in [1.165, 1.54) is 19.2 Å². The molecule has 0 radical (unpaired) electrons. The van der Waals surface area contributed by atoms with E-state index in [0.29, 0.717) is 11.3 Å². The number of benzene rings is 3. The van der Waals surface area contributed by atoms with Crippen molar-refractivity contribution in [3.8, 4) is 11.5 Å². The number of rotatable bonds is 6. The third-order valence-corrected chi connectivity index (χ3v) is 4.81. The SMILES string of the molecule is COc1ccccc1N1C(=O)C(Nc2cccc(OC(F)(F)F)c2)=C(c2ccccc2)C1=O. The summed E-state index contributed by atoms with van der Waals surface area (Å²) < 4.78 is 47.1. The van der Waals surface area contributed by atoms with Gasteiger partial charge in [-0.05, 0) is 29.8 Å². The molecule has 3 aromatic rings. The van der Waals surface area contributed by atoms with E-state index in [1.54, 1.807) is 54.6 Å². The number of nitrogens with one attached hydrogen (secondary N) is 1. The van der Waals surface area contributed by atoms with E-state index in [0.717, 1.165) is 17.0 Å². The van der Waals surface area contributed by atoms with E-state index in [1.807, 2.05) is 0 Å². The molecule has 1 aliphatic heterocycles. The van der Waals surface area contributed by atoms with Gasteiger partial charge in [0.25, 0.3) is 11.8 Å². The van der Waals surface area contributed by atoms with E-state index >= 15 is 0 Å². The molecule has 1 heterocycles. The number of hydrogen-bond acceptors (Lipinski definition) is 5. The fourth-order valence-corrected chi connectivity index (χ4v) is 3.47. The summed E-state index contributed by atoms with van der Waals surface area (Å²) in [5.74, 6) is -1.42. The molecular weight excluding hydrogens is 437 g/mol. The molecule has 3 aromatic carbocycles. The lowest BCUT2D eigenvalue weighted by atomic mass is 10.0. The predicted octanol–water partition coefficient (Wildman–Crippen LogP) is 4.99. The molecule has 0 spiro atoms. The van der Waals surface area contributed by atoms with Gasteiger partial charge >= 0.3 is 6.36 Å². The Balaban J connectivity index is 1.78. The third kappa shape index (κ3) is 4.52. The number of methoxy groups -OCH3 is 1. The van der Waals surface area contributed by atoms with Crippen LogP contribution >= 0.6 is 0 Å². The fourth-order valence-electron chi connectivity index (χ4n) is 3.47. The van der Waals surface area contributed by atoms with E-state index in [-0.39, 0.29) is 22.6 Å². The van der Waals surface area contributed by atoms with Crippen molar-refractivity contribution in [2.24, 2.45) is 0 Å². The van der Waals surface area contributed by atoms with Gasteiger partial charge in [0.15, 0.2) is 0 Å². The van der Waals surface area contributed by atoms with Crippen molar-refractivity contribution < 1.29 is 32.2 Å². The van der Waals surface area contributed by atoms with Crippen LogP contribution in [0.25, 0.3) is 5.57 Å². The van der Waals surface area contributed by atoms with Crippen LogP contribution in [0, 0.1) is 0 Å². The van der Waals surface area contributed by atoms with Gasteiger partial charge in [-0.25, -0.2) is 4.90 Å². The predicted molar refractivity (Wildman–Crippen MR) is 116 cm³/mol. The number of anilines is 2. The molecule has 0 saturated carbocycles. The Labute approximate surface area is 186 Å². The van der Waals surface area contributed by atoms with Crippen LogP contribution in [-0.2, 0) is 9.59 Å². The number of imide groups is 1. The second-order valence-electron chi connectivity index (χ2n) is 6.93. The van der Waals surface area contributed by atoms with Gasteiger partial charge in [0, 0.05) is 11.8 Å². The number of amides is 2. The average molecular weight is 454 g/mol. The molecule has 0 saturated heterocycles. The van der Waals surface area contributed by atoms with Gasteiger partial charge in [-0.15, -0.1) is 13.2 Å². The first kappa shape index (κ1) is 21.9. The summed E-state index contributed by atoms with van der Waals surface area (Å²) in [6, 6.07) is 20.1. The molecule has 4 rings (SSSR count). The quantitative estimate of drug-likeness (QED) is 0.532. The van der Waals surface area contributed by atoms with Gasteiger partial charge in [0.1, 0.15) is 17.2 Å². The highest BCUT2D eigenvalue weighted by Gasteiger charge is 2.41. The second kappa shape index (κ2) is 8.70. The Kier molecular flexibility index (Phi) is 5.78. The van der Waals surface area contributed by atoms with Gasteiger partial charge in [-0.2, -0.15) is 0 Å². The van der Waals surface area contributed by atoms with Crippen molar-refractivity contribution in [3.63, 3.8) is 0 Å². The molecule has 0 bridgehead atoms. The minimum absolute atomic E-state index is 0.0775. The van der Waals surface area contributed by atoms with Gasteiger partial charge in [0.2, 0.25) is 0 Å². The summed E-state index contributed by atoms with van der Waals surface area (Å²) in [7, 11) is 1.42. The molecule has 0 fully saturated rings. The Morgan fingerprint density at radius 3 is 2.24 bits per heavy atom. The number of halogens is 3. The zero-order valence-electron chi connectivity index (χ0n) is 17.2. The summed E-state index contributed by atoms with van der Waals surface area (Å²) in [5, 5.41) is 2.81. The number of hydrogen-bond donors (Lipinski definition) is 1. The summed E-state index contributed by atoms with van der Waals surface area (Å²) in [4.78, 5) is 27.8. The molecule has 6 nitrogen and oxygen atoms in total. The smallest absolute Gasteiger partial charge is 0.495 e. The van der Waals surface area contributed by atoms with Crippen molar-refractivity contribution in [3.05, 3.63) is 90.1 Å². The lowest BCUT2D eigenvalue weighted by Gasteiger charge is -2.18. The Bertz CT molecular complexity index is 1240. The zero-order valence-corrected chi connectivity index (χ0v) is 17.2. The number of carbonyl (C=O) groups is 2. The summed E-state index contributed by atoms with van der Waals surface area (Å²) >= 11 is 0. The van der Waals surface area contributed by atoms with Crippen LogP contribution < -0.4 is 19.7 Å². The topological polar surface area (TPSA) is 67.9 Å². The number of para-hydroxylation sites is 2. The largest absolute Gasteiger partial charge is 0.573 e. The van der Waals surface area contributed by atoms with Crippen LogP contribution in [-0.4, -0.2) is 25.3 Å². The van der Waals surface area contributed by atoms with Gasteiger partial charge < -0.3 is 14.8 Å². The maximum atomic E-state index is 13.4. The van der Waals surface area contributed by atoms with Crippen molar-refractivity contribution in [2.75, 3.05) is 17.3 Å². The Morgan fingerprint density at radius 2 is 1.55 bits per heavy atom. The van der Waals surface area contributed by atoms with Crippen LogP contribution in [0.15, 0.2) is 84.6 Å². The van der Waals surface area contributed by atoms with Crippen LogP contribution in [0.5, 0.6) is 11.5 Å². The third-order valence-electron chi connectivity index (χ3n) is 4.81. The molecular formula is C24H17F3N2O4. The normalized spacial score (nSPS) is 14.0. The first-order chi connectivity index (χ1) is 15.8. The lowest BCUT2D eigenvalue weighted by molar-refractivity contribution is -0.274. The van der Waals surface area contributed by atoms with E-state index in [2.05, 4.69) is 10.1 Å². The van der Waals surface area contributed by atoms with Crippen molar-refractivity contribution in [1.82, 2.24) is 0 Å². The maximum absolute atomic E-state index is 13.4. The molecule has 0 atom stereocenters. The highest BCUT2D eigenvalue weighted by Crippen LogP contribution is 2.38. The number of alkyl halides is 3. The van der Waals surface area contributed by atoms with Crippen molar-refractivity contribution in [2.45, 2.75) is 6.36 Å². The first-order valence-electron chi connectivity index (χ1n) is 9.73. The second-order valence-corrected chi connectivity index (χ2v) is 6.93. The summed E-state index contributed by atoms with van der Waals surface area (Å²) in [5.41, 5.74) is 0.853. The molecule has 33 heavy (non-hydrogen) atoms. The van der Waals surface area contributed by atoms with Gasteiger partial charge in [-0.1, -0.05) is 48.5 Å². The first-order valence-corrected chi connectivity index (χ1v) is 9.73. The zero-order chi connectivity index (χ0) is 23.6.